The van der Waals surface area contributed by atoms with Gasteiger partial charge in [0, 0.05) is 41.7 Å². The van der Waals surface area contributed by atoms with Crippen LogP contribution in [-0.4, -0.2) is 33.0 Å². The molecule has 0 aliphatic rings. The first-order valence-electron chi connectivity index (χ1n) is 8.16. The smallest absolute Gasteiger partial charge is 0.321 e. The van der Waals surface area contributed by atoms with Gasteiger partial charge in [-0.05, 0) is 37.1 Å². The van der Waals surface area contributed by atoms with Crippen LogP contribution in [0.15, 0.2) is 35.5 Å². The molecule has 1 heterocycles. The Bertz CT molecular complexity index is 698. The number of urea groups is 1. The largest absolute Gasteiger partial charge is 0.323 e. The second kappa shape index (κ2) is 8.24. The number of hydrogen-bond acceptors (Lipinski definition) is 3. The lowest BCUT2D eigenvalue weighted by Gasteiger charge is -2.18. The average Bonchev–Trinajstić information content (AvgIpc) is 2.94. The van der Waals surface area contributed by atoms with Crippen molar-refractivity contribution in [3.63, 3.8) is 0 Å². The van der Waals surface area contributed by atoms with Gasteiger partial charge in [0.2, 0.25) is 0 Å². The first kappa shape index (κ1) is 18.4. The Kier molecular flexibility index (Phi) is 6.31. The number of benzene rings is 1. The number of aromatic nitrogens is 2. The van der Waals surface area contributed by atoms with Gasteiger partial charge in [0.15, 0.2) is 0 Å². The summed E-state index contributed by atoms with van der Waals surface area (Å²) in [5, 5.41) is 7.70. The minimum absolute atomic E-state index is 0.121. The maximum atomic E-state index is 12.4. The molecule has 0 spiro atoms. The lowest BCUT2D eigenvalue weighted by molar-refractivity contribution is 0.220. The molecule has 0 bridgehead atoms. The second-order valence-electron chi connectivity index (χ2n) is 6.12. The third kappa shape index (κ3) is 5.03. The van der Waals surface area contributed by atoms with Gasteiger partial charge in [0.1, 0.15) is 0 Å². The molecule has 24 heavy (non-hydrogen) atoms. The number of nitrogens with one attached hydrogen (secondary N) is 1. The van der Waals surface area contributed by atoms with E-state index < -0.39 is 0 Å². The van der Waals surface area contributed by atoms with E-state index in [0.717, 1.165) is 23.2 Å². The fraction of sp³-hybridized carbons (Fsp3) is 0.444. The van der Waals surface area contributed by atoms with Crippen molar-refractivity contribution in [2.75, 3.05) is 12.4 Å². The van der Waals surface area contributed by atoms with E-state index in [-0.39, 0.29) is 6.03 Å². The number of aryl methyl sites for hydroxylation is 2. The number of carbonyl (C=O) groups is 1. The fourth-order valence-electron chi connectivity index (χ4n) is 2.28. The number of thioether (sulfide) groups is 1. The van der Waals surface area contributed by atoms with Gasteiger partial charge < -0.3 is 10.2 Å². The molecule has 6 heteroatoms. The lowest BCUT2D eigenvalue weighted by atomic mass is 10.2. The van der Waals surface area contributed by atoms with Crippen molar-refractivity contribution in [2.45, 2.75) is 43.9 Å². The van der Waals surface area contributed by atoms with Crippen LogP contribution in [0.4, 0.5) is 10.5 Å². The molecule has 1 unspecified atom stereocenters. The first-order valence-corrected chi connectivity index (χ1v) is 9.04. The standard InChI is InChI=1S/C18H26N4OS/c1-6-14(3)24-16-7-8-17(13(2)9-16)20-18(23)21(4)11-15-10-19-22(5)12-15/h7-10,12,14H,6,11H2,1-5H3,(H,20,23). The summed E-state index contributed by atoms with van der Waals surface area (Å²) in [5.41, 5.74) is 2.94. The molecule has 0 saturated heterocycles. The van der Waals surface area contributed by atoms with Crippen LogP contribution in [0.5, 0.6) is 0 Å². The topological polar surface area (TPSA) is 50.2 Å². The lowest BCUT2D eigenvalue weighted by Crippen LogP contribution is -2.31. The summed E-state index contributed by atoms with van der Waals surface area (Å²) >= 11 is 1.86. The van der Waals surface area contributed by atoms with Gasteiger partial charge >= 0.3 is 6.03 Å². The van der Waals surface area contributed by atoms with Gasteiger partial charge in [0.05, 0.1) is 12.7 Å². The van der Waals surface area contributed by atoms with Crippen molar-refractivity contribution in [1.82, 2.24) is 14.7 Å². The minimum Gasteiger partial charge on any atom is -0.323 e. The predicted molar refractivity (Wildman–Crippen MR) is 100 cm³/mol. The van der Waals surface area contributed by atoms with E-state index in [0.29, 0.717) is 11.8 Å². The normalized spacial score (nSPS) is 12.0. The fourth-order valence-corrected chi connectivity index (χ4v) is 3.30. The molecule has 2 aromatic rings. The van der Waals surface area contributed by atoms with Crippen molar-refractivity contribution in [3.05, 3.63) is 41.7 Å². The Morgan fingerprint density at radius 3 is 2.79 bits per heavy atom. The summed E-state index contributed by atoms with van der Waals surface area (Å²) in [4.78, 5) is 15.3. The van der Waals surface area contributed by atoms with Crippen LogP contribution >= 0.6 is 11.8 Å². The van der Waals surface area contributed by atoms with Crippen LogP contribution in [0.1, 0.15) is 31.4 Å². The van der Waals surface area contributed by atoms with E-state index in [1.165, 1.54) is 4.90 Å². The van der Waals surface area contributed by atoms with Crippen LogP contribution in [0, 0.1) is 6.92 Å². The van der Waals surface area contributed by atoms with E-state index in [9.17, 15) is 4.79 Å². The molecule has 2 amide bonds. The zero-order valence-corrected chi connectivity index (χ0v) is 15.9. The van der Waals surface area contributed by atoms with Crippen LogP contribution in [0.3, 0.4) is 0 Å². The van der Waals surface area contributed by atoms with Crippen LogP contribution in [-0.2, 0) is 13.6 Å². The van der Waals surface area contributed by atoms with Crippen LogP contribution in [0.2, 0.25) is 0 Å². The number of anilines is 1. The average molecular weight is 347 g/mol. The summed E-state index contributed by atoms with van der Waals surface area (Å²) in [6.07, 6.45) is 4.83. The SMILES string of the molecule is CCC(C)Sc1ccc(NC(=O)N(C)Cc2cnn(C)c2)c(C)c1. The molecule has 0 aliphatic carbocycles. The number of rotatable bonds is 6. The number of amides is 2. The Balaban J connectivity index is 1.97. The molecule has 1 N–H and O–H groups in total. The molecule has 2 rings (SSSR count). The van der Waals surface area contributed by atoms with E-state index >= 15 is 0 Å². The molecular weight excluding hydrogens is 320 g/mol. The van der Waals surface area contributed by atoms with Crippen LogP contribution < -0.4 is 5.32 Å². The van der Waals surface area contributed by atoms with Crippen molar-refractivity contribution in [3.8, 4) is 0 Å². The van der Waals surface area contributed by atoms with Crippen LogP contribution in [0.25, 0.3) is 0 Å². The third-order valence-corrected chi connectivity index (χ3v) is 5.14. The Morgan fingerprint density at radius 1 is 1.46 bits per heavy atom. The quantitative estimate of drug-likeness (QED) is 0.794. The van der Waals surface area contributed by atoms with E-state index in [1.54, 1.807) is 22.8 Å². The van der Waals surface area contributed by atoms with Gasteiger partial charge in [-0.1, -0.05) is 13.8 Å². The highest BCUT2D eigenvalue weighted by molar-refractivity contribution is 7.99. The van der Waals surface area contributed by atoms with Gasteiger partial charge in [-0.3, -0.25) is 4.68 Å². The molecular formula is C18H26N4OS. The number of hydrogen-bond donors (Lipinski definition) is 1. The summed E-state index contributed by atoms with van der Waals surface area (Å²) in [5.74, 6) is 0. The summed E-state index contributed by atoms with van der Waals surface area (Å²) in [7, 11) is 3.65. The van der Waals surface area contributed by atoms with E-state index in [1.807, 2.05) is 38.0 Å². The van der Waals surface area contributed by atoms with Gasteiger partial charge in [0.25, 0.3) is 0 Å². The zero-order chi connectivity index (χ0) is 17.7. The summed E-state index contributed by atoms with van der Waals surface area (Å²) < 4.78 is 1.74. The maximum Gasteiger partial charge on any atom is 0.321 e. The van der Waals surface area contributed by atoms with Gasteiger partial charge in [-0.25, -0.2) is 4.79 Å². The van der Waals surface area contributed by atoms with Gasteiger partial charge in [-0.2, -0.15) is 5.10 Å². The summed E-state index contributed by atoms with van der Waals surface area (Å²) in [6, 6.07) is 6.06. The second-order valence-corrected chi connectivity index (χ2v) is 7.63. The molecule has 1 aromatic heterocycles. The van der Waals surface area contributed by atoms with Crippen molar-refractivity contribution in [2.24, 2.45) is 7.05 Å². The van der Waals surface area contributed by atoms with Crippen molar-refractivity contribution < 1.29 is 4.79 Å². The summed E-state index contributed by atoms with van der Waals surface area (Å²) in [6.45, 7) is 6.97. The predicted octanol–water partition coefficient (Wildman–Crippen LogP) is 4.28. The molecule has 0 fully saturated rings. The van der Waals surface area contributed by atoms with E-state index in [2.05, 4.69) is 36.4 Å². The number of nitrogens with zero attached hydrogens (tertiary/aromatic N) is 3. The molecule has 0 saturated carbocycles. The molecule has 130 valence electrons. The Morgan fingerprint density at radius 2 is 2.21 bits per heavy atom. The van der Waals surface area contributed by atoms with Crippen molar-refractivity contribution in [1.29, 1.82) is 0 Å². The van der Waals surface area contributed by atoms with Crippen molar-refractivity contribution >= 4 is 23.5 Å². The first-order chi connectivity index (χ1) is 11.4. The Hall–Kier alpha value is -1.95. The van der Waals surface area contributed by atoms with Gasteiger partial charge in [-0.15, -0.1) is 11.8 Å². The molecule has 0 aliphatic heterocycles. The monoisotopic (exact) mass is 346 g/mol. The third-order valence-electron chi connectivity index (χ3n) is 3.88. The maximum absolute atomic E-state index is 12.4. The molecule has 1 atom stereocenters. The Labute approximate surface area is 148 Å². The highest BCUT2D eigenvalue weighted by Crippen LogP contribution is 2.28. The highest BCUT2D eigenvalue weighted by atomic mass is 32.2. The van der Waals surface area contributed by atoms with E-state index in [4.69, 9.17) is 0 Å². The highest BCUT2D eigenvalue weighted by Gasteiger charge is 2.12. The molecule has 1 aromatic carbocycles. The zero-order valence-electron chi connectivity index (χ0n) is 15.0. The molecule has 5 nitrogen and oxygen atoms in total. The molecule has 0 radical (unpaired) electrons. The number of carbonyl (C=O) groups excluding carboxylic acids is 1. The minimum atomic E-state index is -0.121.